The van der Waals surface area contributed by atoms with Gasteiger partial charge in [-0.25, -0.2) is 0 Å². The van der Waals surface area contributed by atoms with E-state index in [0.717, 1.165) is 0 Å². The van der Waals surface area contributed by atoms with Crippen LogP contribution in [0.25, 0.3) is 0 Å². The van der Waals surface area contributed by atoms with Gasteiger partial charge in [-0.05, 0) is 60.5 Å². The Kier molecular flexibility index (Phi) is 5.59. The van der Waals surface area contributed by atoms with Crippen molar-refractivity contribution in [1.29, 1.82) is 0 Å². The SMILES string of the molecule is C=C([C@H](O)[C@@H](O)/C=C(\C)COC(C)=O)[C@@H]1C[C@@H](O)[C@@]2(C)[C@@H]1[C@@H]1[C@H](C)CC[C@@H]12. The van der Waals surface area contributed by atoms with Crippen LogP contribution in [0.3, 0.4) is 0 Å². The predicted octanol–water partition coefficient (Wildman–Crippen LogP) is 2.45. The van der Waals surface area contributed by atoms with E-state index >= 15 is 0 Å². The lowest BCUT2D eigenvalue weighted by atomic mass is 9.46. The maximum Gasteiger partial charge on any atom is 0.302 e. The highest BCUT2D eigenvalue weighted by Crippen LogP contribution is 2.73. The average Bonchev–Trinajstić information content (AvgIpc) is 3.04. The zero-order valence-electron chi connectivity index (χ0n) is 16.9. The van der Waals surface area contributed by atoms with Gasteiger partial charge in [-0.15, -0.1) is 0 Å². The lowest BCUT2D eigenvalue weighted by molar-refractivity contribution is -0.144. The Balaban J connectivity index is 1.70. The first-order valence-electron chi connectivity index (χ1n) is 10.1. The van der Waals surface area contributed by atoms with Crippen LogP contribution in [0.15, 0.2) is 23.8 Å². The maximum atomic E-state index is 10.9. The molecule has 3 N–H and O–H groups in total. The molecule has 0 bridgehead atoms. The van der Waals surface area contributed by atoms with Gasteiger partial charge in [-0.2, -0.15) is 0 Å². The van der Waals surface area contributed by atoms with Gasteiger partial charge in [0.15, 0.2) is 0 Å². The summed E-state index contributed by atoms with van der Waals surface area (Å²) in [6.07, 6.45) is 1.95. The standard InChI is InChI=1S/C22H34O5/c1-11(10-27-14(4)23)8-17(24)21(26)13(3)15-9-18(25)22(5)16-7-6-12(2)19(16)20(15)22/h8,12,15-21,24-26H,3,6-7,9-10H2,1-2,4-5H3/b11-8+/t12-,15+,16+,17+,18-,19-,20+,21+,22+/m1/s1. The number of carbonyl (C=O) groups is 1. The van der Waals surface area contributed by atoms with Crippen molar-refractivity contribution in [3.05, 3.63) is 23.8 Å². The number of hydrogen-bond acceptors (Lipinski definition) is 5. The average molecular weight is 379 g/mol. The van der Waals surface area contributed by atoms with E-state index in [1.807, 2.05) is 0 Å². The fourth-order valence-electron chi connectivity index (χ4n) is 6.38. The smallest absolute Gasteiger partial charge is 0.302 e. The Labute approximate surface area is 162 Å². The quantitative estimate of drug-likeness (QED) is 0.488. The van der Waals surface area contributed by atoms with E-state index in [1.54, 1.807) is 6.92 Å². The molecule has 27 heavy (non-hydrogen) atoms. The third-order valence-corrected chi connectivity index (χ3v) is 7.75. The lowest BCUT2D eigenvalue weighted by Crippen LogP contribution is -2.57. The first-order chi connectivity index (χ1) is 12.6. The Hall–Kier alpha value is -1.17. The second kappa shape index (κ2) is 7.34. The van der Waals surface area contributed by atoms with Crippen LogP contribution in [0.1, 0.15) is 47.0 Å². The number of hydrogen-bond donors (Lipinski definition) is 3. The van der Waals surface area contributed by atoms with Gasteiger partial charge in [0.2, 0.25) is 0 Å². The van der Waals surface area contributed by atoms with Crippen LogP contribution < -0.4 is 0 Å². The van der Waals surface area contributed by atoms with Crippen LogP contribution in [0, 0.1) is 35.0 Å². The van der Waals surface area contributed by atoms with Crippen molar-refractivity contribution in [2.45, 2.75) is 65.3 Å². The van der Waals surface area contributed by atoms with Gasteiger partial charge in [0.05, 0.1) is 6.10 Å². The molecule has 0 radical (unpaired) electrons. The Morgan fingerprint density at radius 3 is 2.63 bits per heavy atom. The van der Waals surface area contributed by atoms with Gasteiger partial charge in [-0.1, -0.05) is 32.9 Å². The third kappa shape index (κ3) is 3.28. The van der Waals surface area contributed by atoms with Crippen LogP contribution in [-0.4, -0.2) is 46.2 Å². The zero-order valence-corrected chi connectivity index (χ0v) is 16.9. The Morgan fingerprint density at radius 2 is 2.00 bits per heavy atom. The van der Waals surface area contributed by atoms with Gasteiger partial charge in [0.1, 0.15) is 18.8 Å². The summed E-state index contributed by atoms with van der Waals surface area (Å²) >= 11 is 0. The molecule has 5 heteroatoms. The van der Waals surface area contributed by atoms with Gasteiger partial charge in [0, 0.05) is 12.3 Å². The number of aliphatic hydroxyl groups excluding tert-OH is 3. The summed E-state index contributed by atoms with van der Waals surface area (Å²) in [5.41, 5.74) is 1.20. The first kappa shape index (κ1) is 20.6. The van der Waals surface area contributed by atoms with E-state index in [2.05, 4.69) is 20.4 Å². The van der Waals surface area contributed by atoms with Gasteiger partial charge in [0.25, 0.3) is 0 Å². The minimum absolute atomic E-state index is 0.0265. The van der Waals surface area contributed by atoms with E-state index in [-0.39, 0.29) is 30.0 Å². The summed E-state index contributed by atoms with van der Waals surface area (Å²) < 4.78 is 4.92. The summed E-state index contributed by atoms with van der Waals surface area (Å²) in [7, 11) is 0. The zero-order chi connectivity index (χ0) is 20.1. The Morgan fingerprint density at radius 1 is 1.33 bits per heavy atom. The van der Waals surface area contributed by atoms with Crippen molar-refractivity contribution >= 4 is 5.97 Å². The molecule has 0 heterocycles. The molecule has 3 aliphatic rings. The molecule has 0 aromatic rings. The van der Waals surface area contributed by atoms with Crippen molar-refractivity contribution in [1.82, 2.24) is 0 Å². The van der Waals surface area contributed by atoms with Crippen LogP contribution >= 0.6 is 0 Å². The molecule has 9 atom stereocenters. The monoisotopic (exact) mass is 378 g/mol. The van der Waals surface area contributed by atoms with Gasteiger partial charge >= 0.3 is 5.97 Å². The molecular formula is C22H34O5. The van der Waals surface area contributed by atoms with E-state index < -0.39 is 12.2 Å². The molecule has 0 aromatic carbocycles. The van der Waals surface area contributed by atoms with Crippen LogP contribution in [0.4, 0.5) is 0 Å². The molecular weight excluding hydrogens is 344 g/mol. The largest absolute Gasteiger partial charge is 0.461 e. The van der Waals surface area contributed by atoms with E-state index in [1.165, 1.54) is 25.8 Å². The molecule has 3 rings (SSSR count). The van der Waals surface area contributed by atoms with Crippen molar-refractivity contribution in [2.24, 2.45) is 35.0 Å². The van der Waals surface area contributed by atoms with Crippen LogP contribution in [0.2, 0.25) is 0 Å². The van der Waals surface area contributed by atoms with Crippen molar-refractivity contribution in [3.63, 3.8) is 0 Å². The normalized spacial score (nSPS) is 42.7. The predicted molar refractivity (Wildman–Crippen MR) is 103 cm³/mol. The fraction of sp³-hybridized carbons (Fsp3) is 0.773. The highest BCUT2D eigenvalue weighted by atomic mass is 16.5. The number of aliphatic hydroxyl groups is 3. The molecule has 152 valence electrons. The highest BCUT2D eigenvalue weighted by molar-refractivity contribution is 5.66. The van der Waals surface area contributed by atoms with Gasteiger partial charge in [-0.3, -0.25) is 4.79 Å². The van der Waals surface area contributed by atoms with Crippen molar-refractivity contribution in [3.8, 4) is 0 Å². The highest BCUT2D eigenvalue weighted by Gasteiger charge is 2.70. The number of esters is 1. The minimum Gasteiger partial charge on any atom is -0.461 e. The van der Waals surface area contributed by atoms with E-state index in [9.17, 15) is 20.1 Å². The Bertz CT molecular complexity index is 641. The van der Waals surface area contributed by atoms with Crippen LogP contribution in [0.5, 0.6) is 0 Å². The molecule has 0 spiro atoms. The molecule has 5 nitrogen and oxygen atoms in total. The summed E-state index contributed by atoms with van der Waals surface area (Å²) in [5.74, 6) is 1.76. The second-order valence-electron chi connectivity index (χ2n) is 9.29. The summed E-state index contributed by atoms with van der Waals surface area (Å²) in [4.78, 5) is 10.9. The first-order valence-corrected chi connectivity index (χ1v) is 10.1. The molecule has 0 aromatic heterocycles. The maximum absolute atomic E-state index is 10.9. The second-order valence-corrected chi connectivity index (χ2v) is 9.29. The van der Waals surface area contributed by atoms with Crippen molar-refractivity contribution in [2.75, 3.05) is 6.61 Å². The molecule has 0 aliphatic heterocycles. The minimum atomic E-state index is -1.10. The number of ether oxygens (including phenoxy) is 1. The molecule has 3 aliphatic carbocycles. The molecule has 3 saturated carbocycles. The molecule has 0 saturated heterocycles. The third-order valence-electron chi connectivity index (χ3n) is 7.75. The van der Waals surface area contributed by atoms with Crippen molar-refractivity contribution < 1.29 is 24.9 Å². The van der Waals surface area contributed by atoms with Gasteiger partial charge < -0.3 is 20.1 Å². The number of fused-ring (bicyclic) bond motifs is 4. The molecule has 3 fully saturated rings. The lowest BCUT2D eigenvalue weighted by Gasteiger charge is -2.58. The number of carbonyl (C=O) groups excluding carboxylic acids is 1. The molecule has 0 amide bonds. The fourth-order valence-corrected chi connectivity index (χ4v) is 6.38. The number of rotatable bonds is 6. The summed E-state index contributed by atoms with van der Waals surface area (Å²) in [6.45, 7) is 11.8. The topological polar surface area (TPSA) is 87.0 Å². The van der Waals surface area contributed by atoms with E-state index in [4.69, 9.17) is 4.74 Å². The molecule has 0 unspecified atom stereocenters. The summed E-state index contributed by atoms with van der Waals surface area (Å²) in [6, 6.07) is 0. The summed E-state index contributed by atoms with van der Waals surface area (Å²) in [5, 5.41) is 31.9. The van der Waals surface area contributed by atoms with E-state index in [0.29, 0.717) is 41.2 Å². The van der Waals surface area contributed by atoms with Crippen LogP contribution in [-0.2, 0) is 9.53 Å².